The minimum absolute atomic E-state index is 0.161. The minimum Gasteiger partial charge on any atom is -0.344 e. The third kappa shape index (κ3) is 5.23. The molecule has 0 radical (unpaired) electrons. The molecule has 0 saturated carbocycles. The van der Waals surface area contributed by atoms with Crippen molar-refractivity contribution in [1.82, 2.24) is 19.9 Å². The van der Waals surface area contributed by atoms with E-state index in [4.69, 9.17) is 0 Å². The maximum absolute atomic E-state index is 13.6. The summed E-state index contributed by atoms with van der Waals surface area (Å²) in [5.41, 5.74) is 1.72. The summed E-state index contributed by atoms with van der Waals surface area (Å²) in [6, 6.07) is 6.06. The molecule has 2 N–H and O–H groups in total. The molecule has 0 spiro atoms. The number of anilines is 2. The molecule has 1 aliphatic rings. The highest BCUT2D eigenvalue weighted by atomic mass is 19.1. The molecule has 3 heterocycles. The Bertz CT molecular complexity index is 1360. The van der Waals surface area contributed by atoms with Crippen LogP contribution in [0.4, 0.5) is 16.0 Å². The van der Waals surface area contributed by atoms with Crippen molar-refractivity contribution in [1.29, 1.82) is 0 Å². The van der Waals surface area contributed by atoms with Crippen LogP contribution >= 0.6 is 0 Å². The SMILES string of the molecule is Cc1cc(NC(=O)c2c(C)c(C(=O)C(=O)NC3(C)CCN(c4ncccn4)CC3)n(C)c2C)ccc1F. The van der Waals surface area contributed by atoms with Gasteiger partial charge in [0.15, 0.2) is 0 Å². The molecule has 0 aliphatic carbocycles. The molecule has 194 valence electrons. The zero-order chi connectivity index (χ0) is 26.9. The number of carbonyl (C=O) groups excluding carboxylic acids is 3. The van der Waals surface area contributed by atoms with Crippen molar-refractivity contribution in [3.05, 3.63) is 70.6 Å². The van der Waals surface area contributed by atoms with Gasteiger partial charge in [-0.05, 0) is 75.9 Å². The number of rotatable bonds is 6. The summed E-state index contributed by atoms with van der Waals surface area (Å²) in [4.78, 5) is 50.0. The van der Waals surface area contributed by atoms with Gasteiger partial charge in [0.25, 0.3) is 17.6 Å². The van der Waals surface area contributed by atoms with Crippen LogP contribution in [0, 0.1) is 26.6 Å². The van der Waals surface area contributed by atoms with Crippen molar-refractivity contribution in [2.24, 2.45) is 7.05 Å². The van der Waals surface area contributed by atoms with E-state index in [1.165, 1.54) is 18.2 Å². The zero-order valence-corrected chi connectivity index (χ0v) is 21.7. The number of halogens is 1. The molecule has 37 heavy (non-hydrogen) atoms. The van der Waals surface area contributed by atoms with E-state index >= 15 is 0 Å². The van der Waals surface area contributed by atoms with Crippen LogP contribution < -0.4 is 15.5 Å². The first-order valence-electron chi connectivity index (χ1n) is 12.1. The highest BCUT2D eigenvalue weighted by Crippen LogP contribution is 2.26. The Hall–Kier alpha value is -4.08. The number of hydrogen-bond donors (Lipinski definition) is 2. The molecular weight excluding hydrogens is 475 g/mol. The van der Waals surface area contributed by atoms with Crippen molar-refractivity contribution in [3.63, 3.8) is 0 Å². The number of nitrogens with one attached hydrogen (secondary N) is 2. The Morgan fingerprint density at radius 2 is 1.70 bits per heavy atom. The molecule has 3 aromatic rings. The van der Waals surface area contributed by atoms with Crippen LogP contribution in [-0.4, -0.2) is 50.8 Å². The molecule has 1 saturated heterocycles. The van der Waals surface area contributed by atoms with Crippen LogP contribution in [0.3, 0.4) is 0 Å². The van der Waals surface area contributed by atoms with Gasteiger partial charge in [-0.3, -0.25) is 14.4 Å². The second kappa shape index (κ2) is 10.1. The number of nitrogens with zero attached hydrogens (tertiary/aromatic N) is 4. The van der Waals surface area contributed by atoms with Gasteiger partial charge in [-0.15, -0.1) is 0 Å². The summed E-state index contributed by atoms with van der Waals surface area (Å²) in [5, 5.41) is 5.68. The van der Waals surface area contributed by atoms with E-state index in [-0.39, 0.29) is 11.5 Å². The van der Waals surface area contributed by atoms with Crippen LogP contribution in [0.2, 0.25) is 0 Å². The number of hydrogen-bond acceptors (Lipinski definition) is 6. The fourth-order valence-corrected chi connectivity index (χ4v) is 4.77. The van der Waals surface area contributed by atoms with Crippen molar-refractivity contribution < 1.29 is 18.8 Å². The van der Waals surface area contributed by atoms with Gasteiger partial charge in [-0.2, -0.15) is 0 Å². The summed E-state index contributed by atoms with van der Waals surface area (Å²) >= 11 is 0. The summed E-state index contributed by atoms with van der Waals surface area (Å²) in [6.07, 6.45) is 4.63. The van der Waals surface area contributed by atoms with Gasteiger partial charge in [-0.25, -0.2) is 14.4 Å². The third-order valence-corrected chi connectivity index (χ3v) is 7.11. The zero-order valence-electron chi connectivity index (χ0n) is 21.7. The summed E-state index contributed by atoms with van der Waals surface area (Å²) in [7, 11) is 1.65. The number of amides is 2. The first-order chi connectivity index (χ1) is 17.5. The van der Waals surface area contributed by atoms with Crippen molar-refractivity contribution in [2.45, 2.75) is 46.1 Å². The quantitative estimate of drug-likeness (QED) is 0.391. The summed E-state index contributed by atoms with van der Waals surface area (Å²) < 4.78 is 15.2. The molecule has 0 atom stereocenters. The Morgan fingerprint density at radius 1 is 1.05 bits per heavy atom. The second-order valence-electron chi connectivity index (χ2n) is 9.79. The molecule has 1 aromatic carbocycles. The van der Waals surface area contributed by atoms with Gasteiger partial charge >= 0.3 is 0 Å². The molecule has 9 nitrogen and oxygen atoms in total. The highest BCUT2D eigenvalue weighted by Gasteiger charge is 2.36. The standard InChI is InChI=1S/C27H31FN6O3/c1-16-15-19(7-8-20(16)28)31-24(36)21-17(2)22(33(5)18(21)3)23(35)25(37)32-27(4)9-13-34(14-10-27)26-29-11-6-12-30-26/h6-8,11-12,15H,9-10,13-14H2,1-5H3,(H,31,36)(H,32,37). The lowest BCUT2D eigenvalue weighted by atomic mass is 9.89. The van der Waals surface area contributed by atoms with Crippen LogP contribution in [0.15, 0.2) is 36.7 Å². The Morgan fingerprint density at radius 3 is 2.32 bits per heavy atom. The number of aromatic nitrogens is 3. The van der Waals surface area contributed by atoms with Crippen LogP contribution in [0.25, 0.3) is 0 Å². The fourth-order valence-electron chi connectivity index (χ4n) is 4.77. The number of ketones is 1. The monoisotopic (exact) mass is 506 g/mol. The van der Waals surface area contributed by atoms with Crippen LogP contribution in [-0.2, 0) is 11.8 Å². The molecule has 2 amide bonds. The lowest BCUT2D eigenvalue weighted by Gasteiger charge is -2.39. The number of piperidine rings is 1. The van der Waals surface area contributed by atoms with Gasteiger partial charge in [0.1, 0.15) is 5.82 Å². The van der Waals surface area contributed by atoms with Gasteiger partial charge in [0.05, 0.1) is 11.3 Å². The molecule has 1 aliphatic heterocycles. The average Bonchev–Trinajstić information content (AvgIpc) is 3.09. The smallest absolute Gasteiger partial charge is 0.294 e. The Labute approximate surface area is 215 Å². The summed E-state index contributed by atoms with van der Waals surface area (Å²) in [6.45, 7) is 8.19. The maximum atomic E-state index is 13.6. The van der Waals surface area contributed by atoms with Gasteiger partial charge in [0, 0.05) is 49.5 Å². The van der Waals surface area contributed by atoms with Crippen LogP contribution in [0.1, 0.15) is 57.4 Å². The van der Waals surface area contributed by atoms with E-state index in [1.54, 1.807) is 50.8 Å². The van der Waals surface area contributed by atoms with Crippen LogP contribution in [0.5, 0.6) is 0 Å². The summed E-state index contributed by atoms with van der Waals surface area (Å²) in [5.74, 6) is -1.56. The van der Waals surface area contributed by atoms with E-state index in [0.29, 0.717) is 60.0 Å². The highest BCUT2D eigenvalue weighted by molar-refractivity contribution is 6.43. The van der Waals surface area contributed by atoms with Gasteiger partial charge < -0.3 is 20.1 Å². The topological polar surface area (TPSA) is 109 Å². The first-order valence-corrected chi connectivity index (χ1v) is 12.1. The number of Topliss-reactive ketones (excluding diaryl/α,β-unsaturated/α-hetero) is 1. The lowest BCUT2D eigenvalue weighted by Crippen LogP contribution is -2.55. The number of benzene rings is 1. The predicted molar refractivity (Wildman–Crippen MR) is 138 cm³/mol. The van der Waals surface area contributed by atoms with Crippen molar-refractivity contribution >= 4 is 29.2 Å². The number of carbonyl (C=O) groups is 3. The van der Waals surface area contributed by atoms with Crippen molar-refractivity contribution in [3.8, 4) is 0 Å². The predicted octanol–water partition coefficient (Wildman–Crippen LogP) is 3.49. The normalized spacial score (nSPS) is 14.8. The van der Waals surface area contributed by atoms with E-state index in [1.807, 2.05) is 11.8 Å². The van der Waals surface area contributed by atoms with E-state index in [9.17, 15) is 18.8 Å². The third-order valence-electron chi connectivity index (χ3n) is 7.11. The fraction of sp³-hybridized carbons (Fsp3) is 0.370. The molecule has 4 rings (SSSR count). The molecule has 1 fully saturated rings. The molecule has 10 heteroatoms. The molecule has 0 unspecified atom stereocenters. The largest absolute Gasteiger partial charge is 0.344 e. The Kier molecular flexibility index (Phi) is 7.11. The van der Waals surface area contributed by atoms with E-state index < -0.39 is 23.1 Å². The Balaban J connectivity index is 1.47. The minimum atomic E-state index is -0.711. The van der Waals surface area contributed by atoms with E-state index in [0.717, 1.165) is 0 Å². The lowest BCUT2D eigenvalue weighted by molar-refractivity contribution is -0.119. The first kappa shape index (κ1) is 26.0. The molecule has 0 bridgehead atoms. The second-order valence-corrected chi connectivity index (χ2v) is 9.79. The average molecular weight is 507 g/mol. The molecule has 2 aromatic heterocycles. The van der Waals surface area contributed by atoms with Crippen molar-refractivity contribution in [2.75, 3.05) is 23.3 Å². The number of aryl methyl sites for hydroxylation is 1. The van der Waals surface area contributed by atoms with Gasteiger partial charge in [-0.1, -0.05) is 0 Å². The molecular formula is C27H31FN6O3. The van der Waals surface area contributed by atoms with Gasteiger partial charge in [0.2, 0.25) is 5.95 Å². The van der Waals surface area contributed by atoms with E-state index in [2.05, 4.69) is 20.6 Å². The maximum Gasteiger partial charge on any atom is 0.294 e.